The second-order valence-corrected chi connectivity index (χ2v) is 13.1. The Labute approximate surface area is 197 Å². The van der Waals surface area contributed by atoms with Crippen LogP contribution in [-0.4, -0.2) is 21.9 Å². The lowest BCUT2D eigenvalue weighted by molar-refractivity contribution is -0.0198. The Kier molecular flexibility index (Phi) is 6.16. The number of aliphatic hydroxyl groups is 2. The molecule has 4 aliphatic carbocycles. The highest BCUT2D eigenvalue weighted by Crippen LogP contribution is 2.66. The maximum absolute atomic E-state index is 10.7. The summed E-state index contributed by atoms with van der Waals surface area (Å²) in [6, 6.07) is 0. The molecule has 1 unspecified atom stereocenters. The quantitative estimate of drug-likeness (QED) is 0.443. The first-order valence-corrected chi connectivity index (χ1v) is 13.4. The third-order valence-corrected chi connectivity index (χ3v) is 11.2. The second-order valence-electron chi connectivity index (χ2n) is 13.1. The zero-order valence-electron chi connectivity index (χ0n) is 21.7. The molecule has 0 aromatic heterocycles. The smallest absolute Gasteiger partial charge is 0.0679 e. The van der Waals surface area contributed by atoms with Crippen molar-refractivity contribution in [2.75, 3.05) is 0 Å². The van der Waals surface area contributed by atoms with Crippen LogP contribution < -0.4 is 0 Å². The van der Waals surface area contributed by atoms with Crippen molar-refractivity contribution >= 4 is 0 Å². The van der Waals surface area contributed by atoms with Gasteiger partial charge in [-0.25, -0.2) is 0 Å². The van der Waals surface area contributed by atoms with Gasteiger partial charge in [0.05, 0.1) is 11.7 Å². The van der Waals surface area contributed by atoms with Crippen LogP contribution in [-0.2, 0) is 0 Å². The van der Waals surface area contributed by atoms with E-state index in [2.05, 4.69) is 58.9 Å². The van der Waals surface area contributed by atoms with E-state index >= 15 is 0 Å². The van der Waals surface area contributed by atoms with Crippen molar-refractivity contribution in [2.24, 2.45) is 39.9 Å². The van der Waals surface area contributed by atoms with E-state index in [-0.39, 0.29) is 16.9 Å². The van der Waals surface area contributed by atoms with E-state index in [9.17, 15) is 10.2 Å². The molecule has 3 saturated carbocycles. The van der Waals surface area contributed by atoms with Gasteiger partial charge in [-0.05, 0) is 99.7 Å². The fourth-order valence-electron chi connectivity index (χ4n) is 8.14. The SMILES string of the molecule is CC[C@@](C)(/C=C/[C@@H](C)[C@H]1CC[C@H]2C3=CC=C4C[C@@H](O)CC[C@]4(C)C3CC[C@]12C)C(C)(C)O. The number of allylic oxidation sites excluding steroid dienone is 4. The number of rotatable bonds is 5. The Balaban J connectivity index is 1.57. The van der Waals surface area contributed by atoms with E-state index in [1.54, 1.807) is 5.57 Å². The van der Waals surface area contributed by atoms with Crippen molar-refractivity contribution in [1.29, 1.82) is 0 Å². The van der Waals surface area contributed by atoms with Gasteiger partial charge in [0.2, 0.25) is 0 Å². The summed E-state index contributed by atoms with van der Waals surface area (Å²) in [5.41, 5.74) is 2.98. The van der Waals surface area contributed by atoms with Crippen LogP contribution in [0.25, 0.3) is 0 Å². The number of hydrogen-bond donors (Lipinski definition) is 2. The van der Waals surface area contributed by atoms with Crippen LogP contribution in [0.2, 0.25) is 0 Å². The lowest BCUT2D eigenvalue weighted by Gasteiger charge is -2.55. The van der Waals surface area contributed by atoms with E-state index in [0.717, 1.165) is 25.7 Å². The lowest BCUT2D eigenvalue weighted by atomic mass is 9.50. The van der Waals surface area contributed by atoms with Crippen molar-refractivity contribution in [3.8, 4) is 0 Å². The first-order chi connectivity index (χ1) is 14.9. The first kappa shape index (κ1) is 24.3. The van der Waals surface area contributed by atoms with Crippen LogP contribution in [0, 0.1) is 39.9 Å². The molecule has 0 heterocycles. The molecule has 2 N–H and O–H groups in total. The third-order valence-electron chi connectivity index (χ3n) is 11.2. The molecule has 0 bridgehead atoms. The summed E-state index contributed by atoms with van der Waals surface area (Å²) in [7, 11) is 0. The molecule has 0 spiro atoms. The van der Waals surface area contributed by atoms with Gasteiger partial charge >= 0.3 is 0 Å². The summed E-state index contributed by atoms with van der Waals surface area (Å²) in [6.45, 7) is 15.8. The molecule has 0 aliphatic heterocycles. The summed E-state index contributed by atoms with van der Waals surface area (Å²) >= 11 is 0. The van der Waals surface area contributed by atoms with Gasteiger partial charge in [-0.15, -0.1) is 0 Å². The molecule has 3 fully saturated rings. The Morgan fingerprint density at radius 1 is 1.06 bits per heavy atom. The minimum atomic E-state index is -0.710. The molecular weight excluding hydrogens is 392 g/mol. The maximum Gasteiger partial charge on any atom is 0.0679 e. The lowest BCUT2D eigenvalue weighted by Crippen LogP contribution is -2.46. The zero-order valence-corrected chi connectivity index (χ0v) is 21.7. The van der Waals surface area contributed by atoms with Gasteiger partial charge in [0.25, 0.3) is 0 Å². The van der Waals surface area contributed by atoms with Crippen LogP contribution >= 0.6 is 0 Å². The Bertz CT molecular complexity index is 813. The number of aliphatic hydroxyl groups excluding tert-OH is 1. The minimum Gasteiger partial charge on any atom is -0.393 e. The molecule has 0 amide bonds. The standard InChI is InChI=1S/C30H48O2/c1-8-28(5,27(3,4)32)16-13-20(2)24-11-12-25-23-10-9-21-19-22(31)14-17-29(21,6)26(23)15-18-30(24,25)7/h9-10,13,16,20,22,24-26,31-32H,8,11-12,14-15,17-19H2,1-7H3/b16-13+/t20-,22+,24-,25+,26?,28+,29+,30-/m1/s1. The molecular formula is C30H48O2. The summed E-state index contributed by atoms with van der Waals surface area (Å²) in [4.78, 5) is 0. The molecule has 2 heteroatoms. The summed E-state index contributed by atoms with van der Waals surface area (Å²) in [5, 5.41) is 21.0. The van der Waals surface area contributed by atoms with E-state index in [1.165, 1.54) is 31.3 Å². The van der Waals surface area contributed by atoms with Gasteiger partial charge in [-0.2, -0.15) is 0 Å². The number of fused-ring (bicyclic) bond motifs is 5. The van der Waals surface area contributed by atoms with Crippen molar-refractivity contribution in [2.45, 2.75) is 112 Å². The largest absolute Gasteiger partial charge is 0.393 e. The van der Waals surface area contributed by atoms with E-state index in [4.69, 9.17) is 0 Å². The van der Waals surface area contributed by atoms with Crippen molar-refractivity contribution in [3.63, 3.8) is 0 Å². The Hall–Kier alpha value is -0.860. The minimum absolute atomic E-state index is 0.140. The first-order valence-electron chi connectivity index (χ1n) is 13.4. The second kappa shape index (κ2) is 8.12. The fraction of sp³-hybridized carbons (Fsp3) is 0.800. The van der Waals surface area contributed by atoms with Crippen molar-refractivity contribution in [3.05, 3.63) is 35.5 Å². The van der Waals surface area contributed by atoms with Gasteiger partial charge in [0.15, 0.2) is 0 Å². The Morgan fingerprint density at radius 3 is 2.44 bits per heavy atom. The normalized spacial score (nSPS) is 42.4. The third kappa shape index (κ3) is 3.68. The van der Waals surface area contributed by atoms with Crippen molar-refractivity contribution < 1.29 is 10.2 Å². The number of hydrogen-bond acceptors (Lipinski definition) is 2. The highest BCUT2D eigenvalue weighted by atomic mass is 16.3. The molecule has 0 saturated heterocycles. The zero-order chi connectivity index (χ0) is 23.5. The Morgan fingerprint density at radius 2 is 1.78 bits per heavy atom. The summed E-state index contributed by atoms with van der Waals surface area (Å²) < 4.78 is 0. The topological polar surface area (TPSA) is 40.5 Å². The molecule has 4 rings (SSSR count). The predicted molar refractivity (Wildman–Crippen MR) is 134 cm³/mol. The molecule has 2 nitrogen and oxygen atoms in total. The van der Waals surface area contributed by atoms with Crippen LogP contribution in [0.3, 0.4) is 0 Å². The molecule has 8 atom stereocenters. The molecule has 32 heavy (non-hydrogen) atoms. The van der Waals surface area contributed by atoms with Gasteiger partial charge in [-0.1, -0.05) is 70.1 Å². The molecule has 180 valence electrons. The fourth-order valence-corrected chi connectivity index (χ4v) is 8.14. The van der Waals surface area contributed by atoms with E-state index in [1.807, 2.05) is 13.8 Å². The maximum atomic E-state index is 10.7. The van der Waals surface area contributed by atoms with E-state index in [0.29, 0.717) is 29.1 Å². The van der Waals surface area contributed by atoms with Crippen LogP contribution in [0.15, 0.2) is 35.5 Å². The van der Waals surface area contributed by atoms with E-state index < -0.39 is 5.60 Å². The van der Waals surface area contributed by atoms with Gasteiger partial charge in [0.1, 0.15) is 0 Å². The summed E-state index contributed by atoms with van der Waals surface area (Å²) in [5.74, 6) is 2.62. The van der Waals surface area contributed by atoms with Crippen LogP contribution in [0.4, 0.5) is 0 Å². The van der Waals surface area contributed by atoms with Crippen LogP contribution in [0.5, 0.6) is 0 Å². The molecule has 0 aromatic carbocycles. The molecule has 0 aromatic rings. The summed E-state index contributed by atoms with van der Waals surface area (Å²) in [6.07, 6.45) is 18.7. The average Bonchev–Trinajstić information content (AvgIpc) is 3.08. The predicted octanol–water partition coefficient (Wildman–Crippen LogP) is 7.23. The highest BCUT2D eigenvalue weighted by Gasteiger charge is 2.56. The van der Waals surface area contributed by atoms with Crippen molar-refractivity contribution in [1.82, 2.24) is 0 Å². The van der Waals surface area contributed by atoms with Gasteiger partial charge < -0.3 is 10.2 Å². The highest BCUT2D eigenvalue weighted by molar-refractivity contribution is 5.39. The average molecular weight is 441 g/mol. The molecule has 4 aliphatic rings. The van der Waals surface area contributed by atoms with Crippen LogP contribution in [0.1, 0.15) is 99.8 Å². The monoisotopic (exact) mass is 440 g/mol. The van der Waals surface area contributed by atoms with Gasteiger partial charge in [-0.3, -0.25) is 0 Å². The molecule has 0 radical (unpaired) electrons. The van der Waals surface area contributed by atoms with Gasteiger partial charge in [0, 0.05) is 5.41 Å².